The predicted molar refractivity (Wildman–Crippen MR) is 77.9 cm³/mol. The Morgan fingerprint density at radius 1 is 1.18 bits per heavy atom. The number of thioether (sulfide) groups is 1. The second-order valence-corrected chi connectivity index (χ2v) is 5.47. The summed E-state index contributed by atoms with van der Waals surface area (Å²) in [7, 11) is 0. The molecular weight excluding hydrogens is 250 g/mol. The van der Waals surface area contributed by atoms with E-state index in [9.17, 15) is 0 Å². The predicted octanol–water partition coefficient (Wildman–Crippen LogP) is 4.49. The maximum atomic E-state index is 5.64. The highest BCUT2D eigenvalue weighted by atomic mass is 35.5. The molecule has 0 radical (unpaired) electrons. The molecule has 0 spiro atoms. The highest BCUT2D eigenvalue weighted by Gasteiger charge is 1.97. The molecule has 0 unspecified atom stereocenters. The molecule has 1 aromatic carbocycles. The van der Waals surface area contributed by atoms with Gasteiger partial charge in [0.15, 0.2) is 0 Å². The summed E-state index contributed by atoms with van der Waals surface area (Å²) in [6.45, 7) is 0. The van der Waals surface area contributed by atoms with E-state index in [2.05, 4.69) is 23.2 Å². The van der Waals surface area contributed by atoms with Crippen LogP contribution < -0.4 is 0 Å². The van der Waals surface area contributed by atoms with Crippen molar-refractivity contribution in [1.82, 2.24) is 4.98 Å². The monoisotopic (exact) mass is 265 g/mol. The van der Waals surface area contributed by atoms with E-state index in [0.29, 0.717) is 0 Å². The highest BCUT2D eigenvalue weighted by molar-refractivity contribution is 7.98. The average molecular weight is 266 g/mol. The Morgan fingerprint density at radius 3 is 2.94 bits per heavy atom. The summed E-state index contributed by atoms with van der Waals surface area (Å²) in [5, 5.41) is 1.23. The van der Waals surface area contributed by atoms with Crippen molar-refractivity contribution in [1.29, 1.82) is 0 Å². The minimum absolute atomic E-state index is 0.776. The second-order valence-electron chi connectivity index (χ2n) is 3.98. The van der Waals surface area contributed by atoms with Crippen LogP contribution in [-0.4, -0.2) is 16.6 Å². The lowest BCUT2D eigenvalue weighted by Gasteiger charge is -2.03. The zero-order valence-electron chi connectivity index (χ0n) is 9.73. The Labute approximate surface area is 112 Å². The molecule has 17 heavy (non-hydrogen) atoms. The first kappa shape index (κ1) is 12.7. The average Bonchev–Trinajstić information content (AvgIpc) is 2.38. The van der Waals surface area contributed by atoms with Crippen molar-refractivity contribution in [2.75, 3.05) is 11.6 Å². The summed E-state index contributed by atoms with van der Waals surface area (Å²) in [4.78, 5) is 4.46. The standard InChI is InChI=1S/C14H16ClNS/c15-7-3-4-8-17-11-12-9-13-5-1-2-6-14(13)16-10-12/h1-2,5-6,9-10H,3-4,7-8,11H2. The quantitative estimate of drug-likeness (QED) is 0.564. The fraction of sp³-hybridized carbons (Fsp3) is 0.357. The molecule has 0 atom stereocenters. The molecule has 0 saturated heterocycles. The highest BCUT2D eigenvalue weighted by Crippen LogP contribution is 2.17. The molecule has 0 bridgehead atoms. The van der Waals surface area contributed by atoms with E-state index in [-0.39, 0.29) is 0 Å². The van der Waals surface area contributed by atoms with Gasteiger partial charge in [-0.3, -0.25) is 4.98 Å². The van der Waals surface area contributed by atoms with E-state index < -0.39 is 0 Å². The molecular formula is C14H16ClNS. The molecule has 0 aliphatic carbocycles. The SMILES string of the molecule is ClCCCCSCc1cnc2ccccc2c1. The van der Waals surface area contributed by atoms with E-state index in [1.165, 1.54) is 23.1 Å². The molecule has 0 aliphatic heterocycles. The van der Waals surface area contributed by atoms with Crippen LogP contribution in [0.1, 0.15) is 18.4 Å². The number of hydrogen-bond acceptors (Lipinski definition) is 2. The van der Waals surface area contributed by atoms with Crippen LogP contribution in [-0.2, 0) is 5.75 Å². The summed E-state index contributed by atoms with van der Waals surface area (Å²) >= 11 is 7.60. The van der Waals surface area contributed by atoms with Crippen LogP contribution in [0.5, 0.6) is 0 Å². The fourth-order valence-corrected chi connectivity index (χ4v) is 2.82. The topological polar surface area (TPSA) is 12.9 Å². The van der Waals surface area contributed by atoms with Crippen molar-refractivity contribution >= 4 is 34.3 Å². The molecule has 3 heteroatoms. The van der Waals surface area contributed by atoms with Crippen LogP contribution in [0.25, 0.3) is 10.9 Å². The molecule has 2 aromatic rings. The number of hydrogen-bond donors (Lipinski definition) is 0. The molecule has 1 aromatic heterocycles. The maximum absolute atomic E-state index is 5.64. The first-order chi connectivity index (χ1) is 8.40. The van der Waals surface area contributed by atoms with Crippen molar-refractivity contribution in [2.45, 2.75) is 18.6 Å². The number of rotatable bonds is 6. The van der Waals surface area contributed by atoms with Crippen LogP contribution in [0.2, 0.25) is 0 Å². The van der Waals surface area contributed by atoms with Gasteiger partial charge < -0.3 is 0 Å². The number of unbranched alkanes of at least 4 members (excludes halogenated alkanes) is 1. The molecule has 0 amide bonds. The molecule has 0 aliphatic rings. The Kier molecular flexibility index (Phi) is 5.14. The lowest BCUT2D eigenvalue weighted by Crippen LogP contribution is -1.87. The summed E-state index contributed by atoms with van der Waals surface area (Å²) in [6, 6.07) is 10.5. The third-order valence-corrected chi connectivity index (χ3v) is 3.97. The van der Waals surface area contributed by atoms with Crippen LogP contribution in [0.3, 0.4) is 0 Å². The number of nitrogens with zero attached hydrogens (tertiary/aromatic N) is 1. The van der Waals surface area contributed by atoms with Gasteiger partial charge in [0, 0.05) is 23.2 Å². The van der Waals surface area contributed by atoms with Gasteiger partial charge in [0.1, 0.15) is 0 Å². The van der Waals surface area contributed by atoms with Gasteiger partial charge >= 0.3 is 0 Å². The number of benzene rings is 1. The van der Waals surface area contributed by atoms with Gasteiger partial charge in [-0.2, -0.15) is 11.8 Å². The van der Waals surface area contributed by atoms with Gasteiger partial charge in [-0.15, -0.1) is 11.6 Å². The second kappa shape index (κ2) is 6.87. The van der Waals surface area contributed by atoms with E-state index in [4.69, 9.17) is 11.6 Å². The Balaban J connectivity index is 1.90. The van der Waals surface area contributed by atoms with Gasteiger partial charge in [-0.05, 0) is 36.3 Å². The number of alkyl halides is 1. The zero-order valence-corrected chi connectivity index (χ0v) is 11.3. The van der Waals surface area contributed by atoms with Crippen LogP contribution in [0.15, 0.2) is 36.5 Å². The van der Waals surface area contributed by atoms with Crippen LogP contribution >= 0.6 is 23.4 Å². The van der Waals surface area contributed by atoms with Gasteiger partial charge in [0.2, 0.25) is 0 Å². The normalized spacial score (nSPS) is 10.9. The number of fused-ring (bicyclic) bond motifs is 1. The van der Waals surface area contributed by atoms with Crippen molar-refractivity contribution < 1.29 is 0 Å². The summed E-state index contributed by atoms with van der Waals surface area (Å²) in [5.74, 6) is 3.00. The Morgan fingerprint density at radius 2 is 2.06 bits per heavy atom. The fourth-order valence-electron chi connectivity index (χ4n) is 1.68. The molecule has 0 saturated carbocycles. The maximum Gasteiger partial charge on any atom is 0.0702 e. The van der Waals surface area contributed by atoms with E-state index in [1.54, 1.807) is 0 Å². The molecule has 1 heterocycles. The molecule has 1 nitrogen and oxygen atoms in total. The van der Waals surface area contributed by atoms with Gasteiger partial charge in [0.05, 0.1) is 5.52 Å². The Bertz CT molecular complexity index is 472. The lowest BCUT2D eigenvalue weighted by atomic mass is 10.2. The van der Waals surface area contributed by atoms with Crippen molar-refractivity contribution in [3.63, 3.8) is 0 Å². The van der Waals surface area contributed by atoms with Gasteiger partial charge in [0.25, 0.3) is 0 Å². The minimum atomic E-state index is 0.776. The molecule has 2 rings (SSSR count). The summed E-state index contributed by atoms with van der Waals surface area (Å²) in [5.41, 5.74) is 2.38. The van der Waals surface area contributed by atoms with Gasteiger partial charge in [-0.25, -0.2) is 0 Å². The largest absolute Gasteiger partial charge is 0.256 e. The van der Waals surface area contributed by atoms with Crippen LogP contribution in [0, 0.1) is 0 Å². The number of pyridine rings is 1. The minimum Gasteiger partial charge on any atom is -0.256 e. The molecule has 0 fully saturated rings. The van der Waals surface area contributed by atoms with E-state index in [0.717, 1.165) is 23.6 Å². The molecule has 90 valence electrons. The van der Waals surface area contributed by atoms with Crippen molar-refractivity contribution in [2.24, 2.45) is 0 Å². The summed E-state index contributed by atoms with van der Waals surface area (Å²) < 4.78 is 0. The number of halogens is 1. The Hall–Kier alpha value is -0.730. The van der Waals surface area contributed by atoms with Crippen molar-refractivity contribution in [3.05, 3.63) is 42.1 Å². The number of para-hydroxylation sites is 1. The summed E-state index contributed by atoms with van der Waals surface area (Å²) in [6.07, 6.45) is 4.30. The lowest BCUT2D eigenvalue weighted by molar-refractivity contribution is 0.902. The first-order valence-corrected chi connectivity index (χ1v) is 7.56. The third-order valence-electron chi connectivity index (χ3n) is 2.59. The van der Waals surface area contributed by atoms with E-state index in [1.807, 2.05) is 30.1 Å². The first-order valence-electron chi connectivity index (χ1n) is 5.87. The smallest absolute Gasteiger partial charge is 0.0702 e. The number of aromatic nitrogens is 1. The third kappa shape index (κ3) is 3.90. The zero-order chi connectivity index (χ0) is 11.9. The van der Waals surface area contributed by atoms with Crippen molar-refractivity contribution in [3.8, 4) is 0 Å². The molecule has 0 N–H and O–H groups in total. The van der Waals surface area contributed by atoms with Crippen LogP contribution in [0.4, 0.5) is 0 Å². The van der Waals surface area contributed by atoms with E-state index >= 15 is 0 Å². The van der Waals surface area contributed by atoms with Gasteiger partial charge in [-0.1, -0.05) is 18.2 Å².